The molecule has 3 aromatic carbocycles. The number of alkyl halides is 4. The van der Waals surface area contributed by atoms with Crippen LogP contribution in [0.15, 0.2) is 98.9 Å². The Morgan fingerprint density at radius 2 is 1.20 bits per heavy atom. The highest BCUT2D eigenvalue weighted by atomic mass is 32.2. The monoisotopic (exact) mass is 737 g/mol. The molecule has 0 aliphatic carbocycles. The van der Waals surface area contributed by atoms with Gasteiger partial charge in [-0.1, -0.05) is 30.3 Å². The van der Waals surface area contributed by atoms with E-state index in [0.717, 1.165) is 12.1 Å². The van der Waals surface area contributed by atoms with Crippen LogP contribution in [0.4, 0.5) is 40.8 Å². The molecule has 0 amide bonds. The number of benzene rings is 3. The summed E-state index contributed by atoms with van der Waals surface area (Å²) in [6, 6.07) is 18.4. The maximum atomic E-state index is 13.5. The zero-order chi connectivity index (χ0) is 36.7. The molecule has 0 aliphatic heterocycles. The number of sulfonamides is 2. The van der Waals surface area contributed by atoms with Gasteiger partial charge >= 0.3 is 12.5 Å². The number of halogens is 4. The molecule has 0 saturated carbocycles. The van der Waals surface area contributed by atoms with Crippen LogP contribution in [-0.2, 0) is 20.0 Å². The highest BCUT2D eigenvalue weighted by Crippen LogP contribution is 2.28. The first-order valence-corrected chi connectivity index (χ1v) is 17.3. The van der Waals surface area contributed by atoms with Crippen molar-refractivity contribution < 1.29 is 39.1 Å². The van der Waals surface area contributed by atoms with Crippen molar-refractivity contribution in [2.24, 2.45) is 10.2 Å². The van der Waals surface area contributed by atoms with E-state index >= 15 is 0 Å². The Morgan fingerprint density at radius 3 is 1.62 bits per heavy atom. The molecule has 1 atom stereocenters. The molecule has 4 aromatic rings. The summed E-state index contributed by atoms with van der Waals surface area (Å²) in [7, 11) is -4.67. The van der Waals surface area contributed by atoms with Crippen molar-refractivity contribution in [2.75, 3.05) is 30.3 Å². The highest BCUT2D eigenvalue weighted by molar-refractivity contribution is 7.89. The van der Waals surface area contributed by atoms with Gasteiger partial charge in [0.05, 0.1) is 21.2 Å². The van der Waals surface area contributed by atoms with Crippen molar-refractivity contribution in [3.63, 3.8) is 0 Å². The van der Waals surface area contributed by atoms with E-state index in [1.54, 1.807) is 38.1 Å². The van der Waals surface area contributed by atoms with Crippen molar-refractivity contribution in [1.29, 1.82) is 0 Å². The number of nitrogens with one attached hydrogen (secondary N) is 5. The van der Waals surface area contributed by atoms with Crippen LogP contribution in [-0.4, -0.2) is 64.9 Å². The predicted molar refractivity (Wildman–Crippen MR) is 180 cm³/mol. The van der Waals surface area contributed by atoms with Gasteiger partial charge in [0.2, 0.25) is 26.0 Å². The molecule has 4 rings (SSSR count). The number of nitrogens with zero attached hydrogens (tertiary/aromatic N) is 4. The second kappa shape index (κ2) is 15.6. The number of hydrogen-bond acceptors (Lipinski definition) is 12. The van der Waals surface area contributed by atoms with Crippen molar-refractivity contribution in [3.05, 3.63) is 90.0 Å². The second-order valence-corrected chi connectivity index (χ2v) is 13.9. The van der Waals surface area contributed by atoms with E-state index in [0.29, 0.717) is 22.6 Å². The molecule has 0 saturated heterocycles. The van der Waals surface area contributed by atoms with Crippen LogP contribution in [0, 0.1) is 0 Å². The summed E-state index contributed by atoms with van der Waals surface area (Å²) in [6.45, 7) is 3.33. The lowest BCUT2D eigenvalue weighted by molar-refractivity contribution is -0.236. The summed E-state index contributed by atoms with van der Waals surface area (Å²) in [6.07, 6.45) is -8.75. The van der Waals surface area contributed by atoms with Gasteiger partial charge in [-0.05, 0) is 75.5 Å². The number of anilines is 4. The van der Waals surface area contributed by atoms with Gasteiger partial charge in [0.25, 0.3) is 0 Å². The first-order chi connectivity index (χ1) is 23.5. The van der Waals surface area contributed by atoms with Gasteiger partial charge in [-0.2, -0.15) is 37.7 Å². The average molecular weight is 738 g/mol. The Labute approximate surface area is 285 Å². The summed E-state index contributed by atoms with van der Waals surface area (Å²) >= 11 is 0. The molecule has 1 heterocycles. The van der Waals surface area contributed by atoms with Crippen molar-refractivity contribution >= 4 is 54.7 Å². The van der Waals surface area contributed by atoms with Gasteiger partial charge in [0, 0.05) is 17.8 Å². The Bertz CT molecular complexity index is 1980. The number of rotatable bonds is 14. The van der Waals surface area contributed by atoms with Crippen LogP contribution in [0.2, 0.25) is 0 Å². The van der Waals surface area contributed by atoms with Crippen molar-refractivity contribution in [3.8, 4) is 5.75 Å². The van der Waals surface area contributed by atoms with E-state index in [1.807, 2.05) is 0 Å². The zero-order valence-corrected chi connectivity index (χ0v) is 28.4. The third-order valence-electron chi connectivity index (χ3n) is 6.69. The van der Waals surface area contributed by atoms with Gasteiger partial charge in [-0.15, -0.1) is 0 Å². The minimum absolute atomic E-state index is 0.0662. The number of hydrazone groups is 2. The third-order valence-corrected chi connectivity index (χ3v) is 9.55. The number of hydrogen-bond donors (Lipinski definition) is 5. The zero-order valence-electron chi connectivity index (χ0n) is 26.7. The van der Waals surface area contributed by atoms with E-state index in [2.05, 4.69) is 50.5 Å². The predicted octanol–water partition coefficient (Wildman–Crippen LogP) is 4.95. The lowest BCUT2D eigenvalue weighted by Crippen LogP contribution is -2.29. The molecule has 1 unspecified atom stereocenters. The van der Waals surface area contributed by atoms with Crippen molar-refractivity contribution in [1.82, 2.24) is 19.4 Å². The maximum Gasteiger partial charge on any atom is 0.457 e. The highest BCUT2D eigenvalue weighted by Gasteiger charge is 2.42. The molecule has 0 radical (unpaired) electrons. The Hall–Kier alpha value is -5.18. The molecule has 0 bridgehead atoms. The topological polar surface area (TPSA) is 188 Å². The van der Waals surface area contributed by atoms with Gasteiger partial charge in [0.15, 0.2) is 11.6 Å². The van der Waals surface area contributed by atoms with E-state index in [-0.39, 0.29) is 33.1 Å². The van der Waals surface area contributed by atoms with Gasteiger partial charge in [0.1, 0.15) is 5.75 Å². The van der Waals surface area contributed by atoms with Gasteiger partial charge in [-0.3, -0.25) is 10.9 Å². The summed E-state index contributed by atoms with van der Waals surface area (Å²) in [5.41, 5.74) is 7.81. The van der Waals surface area contributed by atoms with Gasteiger partial charge in [-0.25, -0.2) is 26.3 Å². The Morgan fingerprint density at radius 1 is 0.740 bits per heavy atom. The summed E-state index contributed by atoms with van der Waals surface area (Å²) in [5.74, 6) is -0.232. The smallest absolute Gasteiger partial charge is 0.452 e. The fraction of sp³-hybridized carbons (Fsp3) is 0.200. The molecule has 20 heteroatoms. The van der Waals surface area contributed by atoms with Crippen LogP contribution in [0.5, 0.6) is 5.75 Å². The molecule has 50 heavy (non-hydrogen) atoms. The average Bonchev–Trinajstić information content (AvgIpc) is 3.09. The van der Waals surface area contributed by atoms with Crippen LogP contribution in [0.1, 0.15) is 25.0 Å². The van der Waals surface area contributed by atoms with Crippen molar-refractivity contribution in [2.45, 2.75) is 36.2 Å². The van der Waals surface area contributed by atoms with E-state index in [4.69, 9.17) is 0 Å². The molecule has 5 N–H and O–H groups in total. The minimum atomic E-state index is -5.22. The molecule has 14 nitrogen and oxygen atoms in total. The maximum absolute atomic E-state index is 13.5. The summed E-state index contributed by atoms with van der Waals surface area (Å²) < 4.78 is 109. The normalized spacial score (nSPS) is 13.4. The molecule has 0 fully saturated rings. The fourth-order valence-electron chi connectivity index (χ4n) is 3.98. The molecule has 0 aliphatic rings. The lowest BCUT2D eigenvalue weighted by atomic mass is 10.1. The largest absolute Gasteiger partial charge is 0.457 e. The summed E-state index contributed by atoms with van der Waals surface area (Å²) in [5, 5.41) is 11.4. The standard InChI is InChI=1S/C30H31F4N9O5S2/c1-18(20-8-12-24(13-9-20)49(44,45)35-3)40-42-26-17-27(43-41-19(2)21-10-14-25(15-11-21)50(46,47)36-4)39-29(38-26)37-22-6-5-7-23(16-22)48-28(31)30(32,33)34/h5-17,28,35-36H,1-4H3,(H3,37,38,39,42,43). The Balaban J connectivity index is 1.62. The first kappa shape index (κ1) is 37.6. The van der Waals surface area contributed by atoms with Crippen LogP contribution in [0.25, 0.3) is 0 Å². The quantitative estimate of drug-likeness (QED) is 0.0674. The van der Waals surface area contributed by atoms with E-state index in [9.17, 15) is 34.4 Å². The Kier molecular flexibility index (Phi) is 11.7. The summed E-state index contributed by atoms with van der Waals surface area (Å²) in [4.78, 5) is 8.80. The fourth-order valence-corrected chi connectivity index (χ4v) is 5.44. The van der Waals surface area contributed by atoms with Gasteiger partial charge < -0.3 is 10.1 Å². The third kappa shape index (κ3) is 9.94. The molecule has 1 aromatic heterocycles. The molecular formula is C30H31F4N9O5S2. The first-order valence-electron chi connectivity index (χ1n) is 14.3. The lowest BCUT2D eigenvalue weighted by Gasteiger charge is -2.15. The SMILES string of the molecule is CNS(=O)(=O)c1ccc(C(C)=NNc2cc(NN=C(C)c3ccc(S(=O)(=O)NC)cc3)nc(Nc3cccc(OC(F)C(F)(F)F)c3)n2)cc1. The van der Waals surface area contributed by atoms with E-state index in [1.165, 1.54) is 56.6 Å². The van der Waals surface area contributed by atoms with Crippen LogP contribution >= 0.6 is 0 Å². The minimum Gasteiger partial charge on any atom is -0.452 e. The van der Waals surface area contributed by atoms with Crippen LogP contribution in [0.3, 0.4) is 0 Å². The number of ether oxygens (including phenoxy) is 1. The number of aromatic nitrogens is 2. The van der Waals surface area contributed by atoms with E-state index < -0.39 is 38.3 Å². The molecule has 266 valence electrons. The molecular weight excluding hydrogens is 707 g/mol. The van der Waals surface area contributed by atoms with Crippen LogP contribution < -0.4 is 30.3 Å². The second-order valence-electron chi connectivity index (χ2n) is 10.2. The molecule has 0 spiro atoms.